The zero-order chi connectivity index (χ0) is 26.3. The van der Waals surface area contributed by atoms with Crippen LogP contribution in [0.4, 0.5) is 4.79 Å². The summed E-state index contributed by atoms with van der Waals surface area (Å²) in [6.45, 7) is 1.46. The number of hydrogen-bond donors (Lipinski definition) is 3. The van der Waals surface area contributed by atoms with Crippen LogP contribution in [0.15, 0.2) is 71.3 Å². The number of amides is 4. The number of furan rings is 1. The average molecular weight is 512 g/mol. The van der Waals surface area contributed by atoms with Crippen molar-refractivity contribution in [2.45, 2.75) is 25.2 Å². The molecule has 10 heteroatoms. The van der Waals surface area contributed by atoms with E-state index >= 15 is 0 Å². The number of benzene rings is 2. The van der Waals surface area contributed by atoms with E-state index in [4.69, 9.17) is 9.15 Å². The first-order valence-corrected chi connectivity index (χ1v) is 12.2. The summed E-state index contributed by atoms with van der Waals surface area (Å²) in [6, 6.07) is 18.2. The summed E-state index contributed by atoms with van der Waals surface area (Å²) in [4.78, 5) is 44.7. The highest BCUT2D eigenvalue weighted by Gasteiger charge is 2.53. The van der Waals surface area contributed by atoms with E-state index in [-0.39, 0.29) is 18.2 Å². The second-order valence-corrected chi connectivity index (χ2v) is 9.42. The Labute approximate surface area is 218 Å². The minimum atomic E-state index is -1.59. The minimum absolute atomic E-state index is 0.105. The summed E-state index contributed by atoms with van der Waals surface area (Å²) in [6.07, 6.45) is 1.74. The van der Waals surface area contributed by atoms with E-state index in [9.17, 15) is 14.4 Å². The van der Waals surface area contributed by atoms with E-state index in [2.05, 4.69) is 20.9 Å². The number of imide groups is 1. The number of pyridine rings is 1. The number of nitrogens with one attached hydrogen (secondary N) is 3. The molecule has 2 aliphatic rings. The lowest BCUT2D eigenvalue weighted by Crippen LogP contribution is -2.52. The summed E-state index contributed by atoms with van der Waals surface area (Å²) < 4.78 is 11.4. The van der Waals surface area contributed by atoms with Crippen LogP contribution in [0.1, 0.15) is 32.8 Å². The number of nitrogens with zero attached hydrogens (tertiary/aromatic N) is 2. The highest BCUT2D eigenvalue weighted by atomic mass is 16.5. The lowest BCUT2D eigenvalue weighted by Gasteiger charge is -2.28. The van der Waals surface area contributed by atoms with Gasteiger partial charge in [-0.05, 0) is 34.9 Å². The zero-order valence-corrected chi connectivity index (χ0v) is 20.6. The third-order valence-electron chi connectivity index (χ3n) is 6.91. The predicted molar refractivity (Wildman–Crippen MR) is 137 cm³/mol. The van der Waals surface area contributed by atoms with Gasteiger partial charge in [0, 0.05) is 37.5 Å². The Balaban J connectivity index is 1.26. The molecule has 6 rings (SSSR count). The molecular weight excluding hydrogens is 486 g/mol. The molecule has 0 aliphatic carbocycles. The fourth-order valence-corrected chi connectivity index (χ4v) is 4.95. The normalized spacial score (nSPS) is 18.6. The van der Waals surface area contributed by atoms with E-state index in [0.29, 0.717) is 42.0 Å². The molecule has 1 fully saturated rings. The zero-order valence-electron chi connectivity index (χ0n) is 20.6. The number of fused-ring (bicyclic) bond motifs is 2. The maximum absolute atomic E-state index is 13.2. The topological polar surface area (TPSA) is 126 Å². The van der Waals surface area contributed by atoms with Crippen LogP contribution in [0.3, 0.4) is 0 Å². The predicted octanol–water partition coefficient (Wildman–Crippen LogP) is 2.82. The first kappa shape index (κ1) is 23.7. The molecule has 192 valence electrons. The van der Waals surface area contributed by atoms with Gasteiger partial charge in [-0.15, -0.1) is 0 Å². The molecule has 1 saturated heterocycles. The van der Waals surface area contributed by atoms with Crippen LogP contribution in [0.5, 0.6) is 5.75 Å². The van der Waals surface area contributed by atoms with Gasteiger partial charge >= 0.3 is 6.03 Å². The van der Waals surface area contributed by atoms with E-state index < -0.39 is 17.5 Å². The molecule has 0 radical (unpaired) electrons. The number of carbonyl (C=O) groups is 3. The van der Waals surface area contributed by atoms with Gasteiger partial charge in [-0.2, -0.15) is 0 Å². The van der Waals surface area contributed by atoms with Gasteiger partial charge in [-0.1, -0.05) is 36.4 Å². The monoisotopic (exact) mass is 511 g/mol. The Hall–Kier alpha value is -4.70. The lowest BCUT2D eigenvalue weighted by molar-refractivity contribution is -0.125. The van der Waals surface area contributed by atoms with Gasteiger partial charge in [0.2, 0.25) is 0 Å². The molecule has 3 N–H and O–H groups in total. The van der Waals surface area contributed by atoms with Gasteiger partial charge in [-0.3, -0.25) is 19.9 Å². The number of aromatic nitrogens is 1. The van der Waals surface area contributed by atoms with Crippen molar-refractivity contribution in [1.82, 2.24) is 25.8 Å². The molecule has 38 heavy (non-hydrogen) atoms. The summed E-state index contributed by atoms with van der Waals surface area (Å²) in [5, 5.41) is 8.38. The fourth-order valence-electron chi connectivity index (χ4n) is 4.95. The van der Waals surface area contributed by atoms with Gasteiger partial charge in [0.15, 0.2) is 11.1 Å². The first-order chi connectivity index (χ1) is 18.4. The summed E-state index contributed by atoms with van der Waals surface area (Å²) in [7, 11) is 1.53. The van der Waals surface area contributed by atoms with Crippen molar-refractivity contribution in [3.8, 4) is 5.75 Å². The third-order valence-corrected chi connectivity index (χ3v) is 6.91. The molecule has 2 aliphatic heterocycles. The molecule has 0 bridgehead atoms. The molecule has 4 amide bonds. The van der Waals surface area contributed by atoms with Crippen molar-refractivity contribution in [2.24, 2.45) is 0 Å². The molecule has 2 aromatic heterocycles. The van der Waals surface area contributed by atoms with Crippen LogP contribution >= 0.6 is 0 Å². The Bertz CT molecular complexity index is 1570. The highest BCUT2D eigenvalue weighted by Crippen LogP contribution is 2.34. The second kappa shape index (κ2) is 9.31. The van der Waals surface area contributed by atoms with Crippen LogP contribution < -0.4 is 20.7 Å². The van der Waals surface area contributed by atoms with Crippen LogP contribution in [-0.4, -0.2) is 41.4 Å². The molecule has 0 unspecified atom stereocenters. The maximum Gasteiger partial charge on any atom is 0.322 e. The first-order valence-electron chi connectivity index (χ1n) is 12.2. The number of urea groups is 1. The molecule has 0 saturated carbocycles. The maximum atomic E-state index is 13.2. The van der Waals surface area contributed by atoms with E-state index in [1.807, 2.05) is 42.5 Å². The van der Waals surface area contributed by atoms with Crippen LogP contribution in [0.2, 0.25) is 0 Å². The van der Waals surface area contributed by atoms with Gasteiger partial charge < -0.3 is 24.7 Å². The highest BCUT2D eigenvalue weighted by molar-refractivity contribution is 6.08. The molecule has 4 heterocycles. The average Bonchev–Trinajstić information content (AvgIpc) is 3.58. The Morgan fingerprint density at radius 2 is 1.87 bits per heavy atom. The van der Waals surface area contributed by atoms with Crippen LogP contribution in [-0.2, 0) is 30.0 Å². The number of methoxy groups -OCH3 is 1. The summed E-state index contributed by atoms with van der Waals surface area (Å²) >= 11 is 0. The smallest absolute Gasteiger partial charge is 0.322 e. The van der Waals surface area contributed by atoms with E-state index in [1.165, 1.54) is 17.6 Å². The van der Waals surface area contributed by atoms with Crippen molar-refractivity contribution >= 4 is 28.9 Å². The van der Waals surface area contributed by atoms with Crippen molar-refractivity contribution in [1.29, 1.82) is 0 Å². The third kappa shape index (κ3) is 4.14. The van der Waals surface area contributed by atoms with Crippen molar-refractivity contribution in [3.05, 3.63) is 94.9 Å². The molecule has 1 atom stereocenters. The van der Waals surface area contributed by atoms with E-state index in [0.717, 1.165) is 11.1 Å². The molecule has 10 nitrogen and oxygen atoms in total. The molecule has 4 aromatic rings. The Morgan fingerprint density at radius 3 is 2.63 bits per heavy atom. The number of ether oxygens (including phenoxy) is 1. The molecule has 0 spiro atoms. The van der Waals surface area contributed by atoms with E-state index in [1.54, 1.807) is 24.4 Å². The van der Waals surface area contributed by atoms with Crippen LogP contribution in [0.25, 0.3) is 11.1 Å². The number of hydrogen-bond acceptors (Lipinski definition) is 7. The number of rotatable bonds is 8. The van der Waals surface area contributed by atoms with Crippen LogP contribution in [0, 0.1) is 0 Å². The molecular formula is C28H25N5O5. The second-order valence-electron chi connectivity index (χ2n) is 9.42. The van der Waals surface area contributed by atoms with Crippen molar-refractivity contribution in [2.75, 3.05) is 13.7 Å². The molecule has 2 aromatic carbocycles. The SMILES string of the molecule is COc1ccc2c(c1)C(=O)N(C[C@@]1(c3cc4ncc(CNCc5ccccc5)cc4o3)NC(=O)NC1=O)C2. The van der Waals surface area contributed by atoms with Gasteiger partial charge in [-0.25, -0.2) is 4.79 Å². The Kier molecular flexibility index (Phi) is 5.80. The van der Waals surface area contributed by atoms with Crippen molar-refractivity contribution < 1.29 is 23.5 Å². The minimum Gasteiger partial charge on any atom is -0.497 e. The van der Waals surface area contributed by atoms with Gasteiger partial charge in [0.25, 0.3) is 11.8 Å². The number of carbonyl (C=O) groups excluding carboxylic acids is 3. The lowest BCUT2D eigenvalue weighted by atomic mass is 9.95. The summed E-state index contributed by atoms with van der Waals surface area (Å²) in [5.74, 6) is -0.0713. The van der Waals surface area contributed by atoms with Crippen molar-refractivity contribution in [3.63, 3.8) is 0 Å². The standard InChI is InChI=1S/C28H25N5O5/c1-37-20-8-7-19-15-33(25(34)21(19)10-20)16-28(26(35)31-27(36)32-28)24-11-22-23(38-24)9-18(14-30-22)13-29-12-17-5-3-2-4-6-17/h2-11,14,29H,12-13,15-16H2,1H3,(H2,31,32,35,36)/t28-/m0/s1. The van der Waals surface area contributed by atoms with Gasteiger partial charge in [0.1, 0.15) is 17.0 Å². The Morgan fingerprint density at radius 1 is 1.05 bits per heavy atom. The summed E-state index contributed by atoms with van der Waals surface area (Å²) in [5.41, 5.74) is 2.82. The fraction of sp³-hybridized carbons (Fsp3) is 0.214. The quantitative estimate of drug-likeness (QED) is 0.311. The van der Waals surface area contributed by atoms with Gasteiger partial charge in [0.05, 0.1) is 13.7 Å². The largest absolute Gasteiger partial charge is 0.497 e.